The second-order valence-corrected chi connectivity index (χ2v) is 8.58. The van der Waals surface area contributed by atoms with Crippen LogP contribution in [0.3, 0.4) is 0 Å². The van der Waals surface area contributed by atoms with Gasteiger partial charge in [0.15, 0.2) is 0 Å². The van der Waals surface area contributed by atoms with Gasteiger partial charge in [0.05, 0.1) is 28.9 Å². The second-order valence-electron chi connectivity index (χ2n) is 6.81. The number of carbonyl (C=O) groups excluding carboxylic acids is 1. The summed E-state index contributed by atoms with van der Waals surface area (Å²) in [5.41, 5.74) is 2.20. The Kier molecular flexibility index (Phi) is 7.18. The highest BCUT2D eigenvalue weighted by atomic mass is 32.2. The van der Waals surface area contributed by atoms with Gasteiger partial charge in [-0.1, -0.05) is 37.3 Å². The molecule has 1 aromatic heterocycles. The number of aromatic nitrogens is 2. The maximum Gasteiger partial charge on any atom is 0.251 e. The third-order valence-corrected chi connectivity index (χ3v) is 6.16. The number of nitriles is 1. The Morgan fingerprint density at radius 3 is 2.52 bits per heavy atom. The van der Waals surface area contributed by atoms with Gasteiger partial charge in [0.1, 0.15) is 5.82 Å². The normalized spacial score (nSPS) is 12.1. The van der Waals surface area contributed by atoms with Crippen molar-refractivity contribution >= 4 is 15.9 Å². The molecule has 160 valence electrons. The van der Waals surface area contributed by atoms with Crippen LogP contribution >= 0.6 is 0 Å². The van der Waals surface area contributed by atoms with Crippen molar-refractivity contribution in [3.05, 3.63) is 72.2 Å². The van der Waals surface area contributed by atoms with Crippen LogP contribution in [0.25, 0.3) is 11.3 Å². The molecule has 0 saturated carbocycles. The fourth-order valence-corrected chi connectivity index (χ4v) is 4.03. The van der Waals surface area contributed by atoms with Gasteiger partial charge in [-0.05, 0) is 36.2 Å². The lowest BCUT2D eigenvalue weighted by molar-refractivity contribution is 0.0933. The topological polar surface area (TPSA) is 128 Å². The molecule has 0 radical (unpaired) electrons. The van der Waals surface area contributed by atoms with Crippen molar-refractivity contribution in [2.45, 2.75) is 30.7 Å². The molecule has 3 aromatic rings. The van der Waals surface area contributed by atoms with Crippen LogP contribution in [0.2, 0.25) is 0 Å². The van der Waals surface area contributed by atoms with Crippen LogP contribution in [0.15, 0.2) is 65.7 Å². The van der Waals surface area contributed by atoms with E-state index in [0.29, 0.717) is 17.8 Å². The number of aromatic amines is 1. The summed E-state index contributed by atoms with van der Waals surface area (Å²) in [6.07, 6.45) is 2.44. The number of hydrogen-bond acceptors (Lipinski definition) is 5. The average molecular weight is 438 g/mol. The molecule has 0 aliphatic carbocycles. The maximum atomic E-state index is 12.7. The molecule has 0 fully saturated rings. The summed E-state index contributed by atoms with van der Waals surface area (Å²) in [5.74, 6) is 0.321. The number of rotatable bonds is 9. The Bertz CT molecular complexity index is 1170. The lowest BCUT2D eigenvalue weighted by Gasteiger charge is -2.15. The van der Waals surface area contributed by atoms with Crippen LogP contribution < -0.4 is 10.0 Å². The summed E-state index contributed by atoms with van der Waals surface area (Å²) < 4.78 is 26.7. The molecule has 9 heteroatoms. The van der Waals surface area contributed by atoms with E-state index in [1.165, 1.54) is 24.3 Å². The Labute approximate surface area is 181 Å². The molecule has 0 aliphatic heterocycles. The zero-order chi connectivity index (χ0) is 22.3. The van der Waals surface area contributed by atoms with Gasteiger partial charge in [0, 0.05) is 18.5 Å². The van der Waals surface area contributed by atoms with E-state index in [9.17, 15) is 13.2 Å². The third kappa shape index (κ3) is 5.57. The molecule has 0 aliphatic rings. The fraction of sp³-hybridized carbons (Fsp3) is 0.227. The number of hydrogen-bond donors (Lipinski definition) is 3. The van der Waals surface area contributed by atoms with E-state index in [1.54, 1.807) is 6.20 Å². The van der Waals surface area contributed by atoms with Crippen molar-refractivity contribution in [2.24, 2.45) is 0 Å². The van der Waals surface area contributed by atoms with E-state index < -0.39 is 10.0 Å². The molecule has 1 amide bonds. The van der Waals surface area contributed by atoms with Crippen LogP contribution in [-0.4, -0.2) is 30.8 Å². The molecule has 1 unspecified atom stereocenters. The summed E-state index contributed by atoms with van der Waals surface area (Å²) in [5, 5.41) is 11.5. The minimum atomic E-state index is -3.72. The zero-order valence-corrected chi connectivity index (χ0v) is 17.8. The Morgan fingerprint density at radius 2 is 1.87 bits per heavy atom. The highest BCUT2D eigenvalue weighted by molar-refractivity contribution is 7.89. The summed E-state index contributed by atoms with van der Waals surface area (Å²) in [6, 6.07) is 17.0. The quantitative estimate of drug-likeness (QED) is 0.443. The summed E-state index contributed by atoms with van der Waals surface area (Å²) in [6.45, 7) is 1.98. The van der Waals surface area contributed by atoms with Crippen molar-refractivity contribution in [1.29, 1.82) is 5.26 Å². The van der Waals surface area contributed by atoms with Crippen molar-refractivity contribution in [1.82, 2.24) is 20.0 Å². The smallest absolute Gasteiger partial charge is 0.251 e. The SMILES string of the molecule is CCC(NC(=O)c1ccc(S(=O)(=O)NCCC#N)cc1)c1ncc(-c2ccccc2)[nH]1. The maximum absolute atomic E-state index is 12.7. The van der Waals surface area contributed by atoms with E-state index in [-0.39, 0.29) is 29.8 Å². The lowest BCUT2D eigenvalue weighted by atomic mass is 10.1. The predicted molar refractivity (Wildman–Crippen MR) is 116 cm³/mol. The first-order valence-electron chi connectivity index (χ1n) is 9.82. The zero-order valence-electron chi connectivity index (χ0n) is 17.0. The molecular formula is C22H23N5O3S. The number of benzene rings is 2. The van der Waals surface area contributed by atoms with Gasteiger partial charge in [0.25, 0.3) is 5.91 Å². The molecule has 3 N–H and O–H groups in total. The number of nitrogens with zero attached hydrogens (tertiary/aromatic N) is 2. The molecule has 31 heavy (non-hydrogen) atoms. The van der Waals surface area contributed by atoms with Gasteiger partial charge in [-0.25, -0.2) is 18.1 Å². The molecule has 1 heterocycles. The van der Waals surface area contributed by atoms with Crippen molar-refractivity contribution in [3.63, 3.8) is 0 Å². The van der Waals surface area contributed by atoms with Gasteiger partial charge in [-0.3, -0.25) is 4.79 Å². The first kappa shape index (κ1) is 22.2. The van der Waals surface area contributed by atoms with Gasteiger partial charge in [-0.15, -0.1) is 0 Å². The third-order valence-electron chi connectivity index (χ3n) is 4.68. The van der Waals surface area contributed by atoms with E-state index in [4.69, 9.17) is 5.26 Å². The van der Waals surface area contributed by atoms with E-state index >= 15 is 0 Å². The molecule has 0 spiro atoms. The fourth-order valence-electron chi connectivity index (χ4n) is 2.99. The second kappa shape index (κ2) is 10.0. The number of H-pyrrole nitrogens is 1. The molecular weight excluding hydrogens is 414 g/mol. The molecule has 1 atom stereocenters. The van der Waals surface area contributed by atoms with Crippen LogP contribution in [0.5, 0.6) is 0 Å². The van der Waals surface area contributed by atoms with Crippen molar-refractivity contribution in [2.75, 3.05) is 6.54 Å². The average Bonchev–Trinajstić information content (AvgIpc) is 3.28. The van der Waals surface area contributed by atoms with Crippen molar-refractivity contribution in [3.8, 4) is 17.3 Å². The van der Waals surface area contributed by atoms with Gasteiger partial charge < -0.3 is 10.3 Å². The highest BCUT2D eigenvalue weighted by Crippen LogP contribution is 2.21. The molecule has 0 saturated heterocycles. The van der Waals surface area contributed by atoms with E-state index in [2.05, 4.69) is 20.0 Å². The van der Waals surface area contributed by atoms with Crippen LogP contribution in [0.1, 0.15) is 42.0 Å². The monoisotopic (exact) mass is 437 g/mol. The van der Waals surface area contributed by atoms with Crippen LogP contribution in [0.4, 0.5) is 0 Å². The number of amides is 1. The van der Waals surface area contributed by atoms with Gasteiger partial charge >= 0.3 is 0 Å². The minimum absolute atomic E-state index is 0.0348. The Balaban J connectivity index is 1.69. The number of nitrogens with one attached hydrogen (secondary N) is 3. The standard InChI is InChI=1S/C22H23N5O3S/c1-2-19(21-24-15-20(26-21)16-7-4-3-5-8-16)27-22(28)17-9-11-18(12-10-17)31(29,30)25-14-6-13-23/h3-5,7-12,15,19,25H,2,6,14H2,1H3,(H,24,26)(H,27,28). The van der Waals surface area contributed by atoms with Gasteiger partial charge in [0.2, 0.25) is 10.0 Å². The molecule has 3 rings (SSSR count). The number of sulfonamides is 1. The number of imidazole rings is 1. The first-order valence-corrected chi connectivity index (χ1v) is 11.3. The minimum Gasteiger partial charge on any atom is -0.342 e. The predicted octanol–water partition coefficient (Wildman–Crippen LogP) is 3.15. The summed E-state index contributed by atoms with van der Waals surface area (Å²) in [7, 11) is -3.72. The number of carbonyl (C=O) groups is 1. The van der Waals surface area contributed by atoms with Gasteiger partial charge in [-0.2, -0.15) is 5.26 Å². The first-order chi connectivity index (χ1) is 14.9. The molecule has 2 aromatic carbocycles. The Morgan fingerprint density at radius 1 is 1.16 bits per heavy atom. The van der Waals surface area contributed by atoms with Crippen LogP contribution in [-0.2, 0) is 10.0 Å². The van der Waals surface area contributed by atoms with E-state index in [1.807, 2.05) is 43.3 Å². The largest absolute Gasteiger partial charge is 0.342 e. The Hall–Kier alpha value is -3.48. The molecule has 8 nitrogen and oxygen atoms in total. The lowest BCUT2D eigenvalue weighted by Crippen LogP contribution is -2.29. The molecule has 0 bridgehead atoms. The summed E-state index contributed by atoms with van der Waals surface area (Å²) in [4.78, 5) is 20.4. The van der Waals surface area contributed by atoms with Crippen LogP contribution in [0, 0.1) is 11.3 Å². The van der Waals surface area contributed by atoms with Crippen molar-refractivity contribution < 1.29 is 13.2 Å². The summed E-state index contributed by atoms with van der Waals surface area (Å²) >= 11 is 0. The highest BCUT2D eigenvalue weighted by Gasteiger charge is 2.19. The van der Waals surface area contributed by atoms with E-state index in [0.717, 1.165) is 11.3 Å².